The van der Waals surface area contributed by atoms with Crippen LogP contribution in [-0.4, -0.2) is 65.6 Å². The zero-order chi connectivity index (χ0) is 27.3. The Labute approximate surface area is 218 Å². The summed E-state index contributed by atoms with van der Waals surface area (Å²) in [6.07, 6.45) is 7.12. The van der Waals surface area contributed by atoms with E-state index in [1.54, 1.807) is 45.9 Å². The van der Waals surface area contributed by atoms with Crippen LogP contribution >= 0.6 is 11.8 Å². The first kappa shape index (κ1) is 30.8. The van der Waals surface area contributed by atoms with E-state index in [0.29, 0.717) is 11.3 Å². The fraction of sp³-hybridized carbons (Fsp3) is 0.538. The molecule has 9 nitrogen and oxygen atoms in total. The van der Waals surface area contributed by atoms with Crippen LogP contribution in [0.1, 0.15) is 57.7 Å². The van der Waals surface area contributed by atoms with Gasteiger partial charge in [0.05, 0.1) is 13.0 Å². The van der Waals surface area contributed by atoms with Crippen molar-refractivity contribution in [3.8, 4) is 12.5 Å². The number of carbonyl (C=O) groups is 4. The number of carbonyl (C=O) groups excluding carboxylic acids is 4. The minimum Gasteiger partial charge on any atom is -0.466 e. The number of amides is 3. The summed E-state index contributed by atoms with van der Waals surface area (Å²) in [4.78, 5) is 52.0. The molecule has 0 saturated heterocycles. The van der Waals surface area contributed by atoms with Crippen LogP contribution in [0, 0.1) is 19.4 Å². The van der Waals surface area contributed by atoms with Crippen molar-refractivity contribution in [2.45, 2.75) is 65.1 Å². The van der Waals surface area contributed by atoms with Crippen molar-refractivity contribution in [1.29, 1.82) is 0 Å². The van der Waals surface area contributed by atoms with E-state index in [1.807, 2.05) is 19.2 Å². The number of esters is 1. The molecule has 0 aliphatic carbocycles. The summed E-state index contributed by atoms with van der Waals surface area (Å²) in [6.45, 7) is 8.94. The molecule has 0 aliphatic rings. The van der Waals surface area contributed by atoms with Gasteiger partial charge in [-0.2, -0.15) is 11.8 Å². The average molecular weight is 520 g/mol. The molecule has 36 heavy (non-hydrogen) atoms. The van der Waals surface area contributed by atoms with Crippen LogP contribution in [0.25, 0.3) is 0 Å². The second-order valence-corrected chi connectivity index (χ2v) is 9.97. The molecule has 0 spiro atoms. The number of benzene rings is 1. The molecular formula is C26H37N3O6S. The number of aryl methyl sites for hydroxylation is 1. The lowest BCUT2D eigenvalue weighted by Gasteiger charge is -2.30. The second kappa shape index (κ2) is 15.0. The predicted octanol–water partition coefficient (Wildman–Crippen LogP) is 3.17. The zero-order valence-corrected chi connectivity index (χ0v) is 22.7. The summed E-state index contributed by atoms with van der Waals surface area (Å²) >= 11 is 1.50. The zero-order valence-electron chi connectivity index (χ0n) is 21.9. The number of hydrogen-bond donors (Lipinski definition) is 2. The number of nitrogens with one attached hydrogen (secondary N) is 2. The molecule has 0 aliphatic heterocycles. The van der Waals surface area contributed by atoms with Crippen LogP contribution in [0.15, 0.2) is 24.3 Å². The van der Waals surface area contributed by atoms with Gasteiger partial charge in [0.25, 0.3) is 5.91 Å². The standard InChI is InChI=1S/C26H37N3O6S/c1-8-29(24(32)20(14-16-36-7)28-25(33)35-26(4,5)6)22(19-12-10-11-18(3)17-19)23(31)27-15-13-21(30)34-9-2/h1,10-12,17,20,22H,9,13-16H2,2-7H3,(H,27,31)(H,28,33). The van der Waals surface area contributed by atoms with Crippen molar-refractivity contribution in [2.24, 2.45) is 0 Å². The maximum atomic E-state index is 13.6. The molecule has 0 bridgehead atoms. The topological polar surface area (TPSA) is 114 Å². The molecule has 2 unspecified atom stereocenters. The van der Waals surface area contributed by atoms with Gasteiger partial charge in [-0.05, 0) is 58.6 Å². The number of terminal acetylenes is 1. The molecule has 198 valence electrons. The Bertz CT molecular complexity index is 954. The Morgan fingerprint density at radius 1 is 1.22 bits per heavy atom. The normalized spacial score (nSPS) is 12.5. The molecule has 2 atom stereocenters. The molecule has 3 amide bonds. The maximum Gasteiger partial charge on any atom is 0.408 e. The van der Waals surface area contributed by atoms with Gasteiger partial charge in [0.2, 0.25) is 5.91 Å². The molecular weight excluding hydrogens is 482 g/mol. The third kappa shape index (κ3) is 10.6. The smallest absolute Gasteiger partial charge is 0.408 e. The average Bonchev–Trinajstić information content (AvgIpc) is 2.78. The highest BCUT2D eigenvalue weighted by Crippen LogP contribution is 2.23. The number of thioether (sulfide) groups is 1. The molecule has 0 fully saturated rings. The van der Waals surface area contributed by atoms with E-state index in [-0.39, 0.29) is 26.0 Å². The second-order valence-electron chi connectivity index (χ2n) is 8.98. The number of ether oxygens (including phenoxy) is 2. The number of hydrogen-bond acceptors (Lipinski definition) is 7. The van der Waals surface area contributed by atoms with Crippen molar-refractivity contribution < 1.29 is 28.7 Å². The molecule has 0 heterocycles. The Morgan fingerprint density at radius 3 is 2.47 bits per heavy atom. The summed E-state index contributed by atoms with van der Waals surface area (Å²) in [6, 6.07) is 7.20. The third-order valence-electron chi connectivity index (χ3n) is 4.77. The lowest BCUT2D eigenvalue weighted by molar-refractivity contribution is -0.143. The van der Waals surface area contributed by atoms with E-state index in [1.165, 1.54) is 11.8 Å². The van der Waals surface area contributed by atoms with Gasteiger partial charge in [0, 0.05) is 12.6 Å². The Morgan fingerprint density at radius 2 is 1.92 bits per heavy atom. The van der Waals surface area contributed by atoms with Crippen molar-refractivity contribution >= 4 is 35.6 Å². The van der Waals surface area contributed by atoms with Crippen LogP contribution in [0.4, 0.5) is 4.79 Å². The van der Waals surface area contributed by atoms with Crippen LogP contribution in [0.5, 0.6) is 0 Å². The van der Waals surface area contributed by atoms with E-state index in [4.69, 9.17) is 15.9 Å². The predicted molar refractivity (Wildman–Crippen MR) is 140 cm³/mol. The van der Waals surface area contributed by atoms with Crippen molar-refractivity contribution in [1.82, 2.24) is 15.5 Å². The SMILES string of the molecule is C#CN(C(=O)C(CCSC)NC(=O)OC(C)(C)C)C(C(=O)NCCC(=O)OCC)c1cccc(C)c1. The first-order valence-corrected chi connectivity index (χ1v) is 13.1. The molecule has 0 aromatic heterocycles. The molecule has 1 aromatic carbocycles. The van der Waals surface area contributed by atoms with Crippen molar-refractivity contribution in [3.63, 3.8) is 0 Å². The summed E-state index contributed by atoms with van der Waals surface area (Å²) < 4.78 is 10.2. The Balaban J connectivity index is 3.25. The van der Waals surface area contributed by atoms with Crippen LogP contribution in [0.2, 0.25) is 0 Å². The van der Waals surface area contributed by atoms with Gasteiger partial charge >= 0.3 is 12.1 Å². The lowest BCUT2D eigenvalue weighted by atomic mass is 10.0. The summed E-state index contributed by atoms with van der Waals surface area (Å²) in [5.41, 5.74) is 0.606. The van der Waals surface area contributed by atoms with E-state index in [2.05, 4.69) is 16.7 Å². The highest BCUT2D eigenvalue weighted by Gasteiger charge is 2.35. The summed E-state index contributed by atoms with van der Waals surface area (Å²) in [5.74, 6) is -1.07. The van der Waals surface area contributed by atoms with Gasteiger partial charge < -0.3 is 20.1 Å². The Kier molecular flexibility index (Phi) is 12.9. The molecule has 0 saturated carbocycles. The lowest BCUT2D eigenvalue weighted by Crippen LogP contribution is -2.51. The highest BCUT2D eigenvalue weighted by atomic mass is 32.2. The fourth-order valence-electron chi connectivity index (χ4n) is 3.25. The van der Waals surface area contributed by atoms with E-state index < -0.39 is 41.6 Å². The van der Waals surface area contributed by atoms with Gasteiger partial charge in [-0.15, -0.1) is 0 Å². The van der Waals surface area contributed by atoms with Gasteiger partial charge in [-0.25, -0.2) is 4.79 Å². The van der Waals surface area contributed by atoms with Crippen molar-refractivity contribution in [3.05, 3.63) is 35.4 Å². The molecule has 0 radical (unpaired) electrons. The van der Waals surface area contributed by atoms with Gasteiger partial charge in [-0.3, -0.25) is 19.3 Å². The first-order chi connectivity index (χ1) is 16.9. The van der Waals surface area contributed by atoms with Crippen LogP contribution in [-0.2, 0) is 23.9 Å². The number of alkyl carbamates (subject to hydrolysis) is 1. The monoisotopic (exact) mass is 519 g/mol. The molecule has 1 rings (SSSR count). The molecule has 1 aromatic rings. The maximum absolute atomic E-state index is 13.6. The molecule has 2 N–H and O–H groups in total. The largest absolute Gasteiger partial charge is 0.466 e. The number of nitrogens with zero attached hydrogens (tertiary/aromatic N) is 1. The third-order valence-corrected chi connectivity index (χ3v) is 5.42. The van der Waals surface area contributed by atoms with Crippen molar-refractivity contribution in [2.75, 3.05) is 25.2 Å². The molecule has 10 heteroatoms. The van der Waals surface area contributed by atoms with Gasteiger partial charge in [-0.1, -0.05) is 36.3 Å². The minimum absolute atomic E-state index is 0.0125. The quantitative estimate of drug-likeness (QED) is 0.248. The number of rotatable bonds is 12. The van der Waals surface area contributed by atoms with Gasteiger partial charge in [0.15, 0.2) is 0 Å². The minimum atomic E-state index is -1.18. The summed E-state index contributed by atoms with van der Waals surface area (Å²) in [5, 5.41) is 5.27. The highest BCUT2D eigenvalue weighted by molar-refractivity contribution is 7.98. The van der Waals surface area contributed by atoms with Gasteiger partial charge in [0.1, 0.15) is 17.7 Å². The van der Waals surface area contributed by atoms with E-state index >= 15 is 0 Å². The fourth-order valence-corrected chi connectivity index (χ4v) is 3.72. The Hall–Kier alpha value is -3.19. The van der Waals surface area contributed by atoms with E-state index in [0.717, 1.165) is 10.5 Å². The first-order valence-electron chi connectivity index (χ1n) is 11.7. The van der Waals surface area contributed by atoms with Crippen LogP contribution in [0.3, 0.4) is 0 Å². The van der Waals surface area contributed by atoms with E-state index in [9.17, 15) is 19.2 Å². The van der Waals surface area contributed by atoms with Crippen LogP contribution < -0.4 is 10.6 Å². The summed E-state index contributed by atoms with van der Waals surface area (Å²) in [7, 11) is 0.